The normalized spacial score (nSPS) is 36.9. The number of benzene rings is 1. The lowest BCUT2D eigenvalue weighted by molar-refractivity contribution is 0.424. The lowest BCUT2D eigenvalue weighted by Crippen LogP contribution is -2.39. The molecule has 15 heavy (non-hydrogen) atoms. The fourth-order valence-electron chi connectivity index (χ4n) is 3.25. The van der Waals surface area contributed by atoms with Crippen molar-refractivity contribution >= 4 is 0 Å². The Morgan fingerprint density at radius 3 is 2.93 bits per heavy atom. The van der Waals surface area contributed by atoms with Gasteiger partial charge in [0.2, 0.25) is 0 Å². The van der Waals surface area contributed by atoms with Crippen molar-refractivity contribution in [2.24, 2.45) is 11.7 Å². The highest BCUT2D eigenvalue weighted by atomic mass is 14.9. The SMILES string of the molecule is CCCC1CC1(N)C1Cc2ccccc21. The zero-order valence-corrected chi connectivity index (χ0v) is 9.37. The monoisotopic (exact) mass is 201 g/mol. The van der Waals surface area contributed by atoms with Crippen LogP contribution in [0, 0.1) is 5.92 Å². The summed E-state index contributed by atoms with van der Waals surface area (Å²) in [5, 5.41) is 0. The summed E-state index contributed by atoms with van der Waals surface area (Å²) in [6.45, 7) is 2.26. The maximum absolute atomic E-state index is 6.50. The van der Waals surface area contributed by atoms with E-state index in [-0.39, 0.29) is 5.54 Å². The van der Waals surface area contributed by atoms with Crippen LogP contribution in [0.15, 0.2) is 24.3 Å². The highest BCUT2D eigenvalue weighted by Crippen LogP contribution is 2.57. The molecule has 0 bridgehead atoms. The van der Waals surface area contributed by atoms with Crippen molar-refractivity contribution in [2.75, 3.05) is 0 Å². The van der Waals surface area contributed by atoms with Gasteiger partial charge in [0.15, 0.2) is 0 Å². The Balaban J connectivity index is 1.78. The number of fused-ring (bicyclic) bond motifs is 1. The van der Waals surface area contributed by atoms with E-state index < -0.39 is 0 Å². The second-order valence-corrected chi connectivity index (χ2v) is 5.26. The van der Waals surface area contributed by atoms with Crippen molar-refractivity contribution in [3.8, 4) is 0 Å². The van der Waals surface area contributed by atoms with Crippen LogP contribution in [0.1, 0.15) is 43.2 Å². The molecule has 1 nitrogen and oxygen atoms in total. The molecule has 80 valence electrons. The highest BCUT2D eigenvalue weighted by molar-refractivity contribution is 5.45. The largest absolute Gasteiger partial charge is 0.324 e. The predicted octanol–water partition coefficient (Wildman–Crippen LogP) is 2.84. The van der Waals surface area contributed by atoms with Gasteiger partial charge >= 0.3 is 0 Å². The van der Waals surface area contributed by atoms with E-state index in [1.165, 1.54) is 36.8 Å². The average molecular weight is 201 g/mol. The van der Waals surface area contributed by atoms with Gasteiger partial charge < -0.3 is 5.73 Å². The summed E-state index contributed by atoms with van der Waals surface area (Å²) in [5.41, 5.74) is 9.70. The average Bonchev–Trinajstić information content (AvgIpc) is 2.81. The van der Waals surface area contributed by atoms with Crippen LogP contribution in [-0.4, -0.2) is 5.54 Å². The van der Waals surface area contributed by atoms with Gasteiger partial charge in [0.05, 0.1) is 0 Å². The van der Waals surface area contributed by atoms with Crippen molar-refractivity contribution in [1.29, 1.82) is 0 Å². The fraction of sp³-hybridized carbons (Fsp3) is 0.571. The summed E-state index contributed by atoms with van der Waals surface area (Å²) in [6, 6.07) is 8.78. The van der Waals surface area contributed by atoms with Crippen LogP contribution in [0.25, 0.3) is 0 Å². The highest BCUT2D eigenvalue weighted by Gasteiger charge is 2.57. The first kappa shape index (κ1) is 9.41. The van der Waals surface area contributed by atoms with Crippen LogP contribution in [0.2, 0.25) is 0 Å². The second kappa shape index (κ2) is 3.08. The van der Waals surface area contributed by atoms with Crippen molar-refractivity contribution in [1.82, 2.24) is 0 Å². The molecule has 0 saturated heterocycles. The quantitative estimate of drug-likeness (QED) is 0.799. The Bertz CT molecular complexity index is 385. The maximum atomic E-state index is 6.50. The van der Waals surface area contributed by atoms with Gasteiger partial charge in [-0.3, -0.25) is 0 Å². The minimum atomic E-state index is 0.157. The summed E-state index contributed by atoms with van der Waals surface area (Å²) in [4.78, 5) is 0. The Labute approximate surface area is 91.7 Å². The van der Waals surface area contributed by atoms with Gasteiger partial charge in [-0.1, -0.05) is 37.6 Å². The summed E-state index contributed by atoms with van der Waals surface area (Å²) in [7, 11) is 0. The predicted molar refractivity (Wildman–Crippen MR) is 62.8 cm³/mol. The molecule has 0 heterocycles. The summed E-state index contributed by atoms with van der Waals surface area (Å²) < 4.78 is 0. The third-order valence-electron chi connectivity index (χ3n) is 4.34. The van der Waals surface area contributed by atoms with E-state index in [1.54, 1.807) is 0 Å². The van der Waals surface area contributed by atoms with Gasteiger partial charge in [-0.05, 0) is 36.3 Å². The smallest absolute Gasteiger partial charge is 0.0259 e. The zero-order chi connectivity index (χ0) is 10.5. The first-order chi connectivity index (χ1) is 7.25. The Hall–Kier alpha value is -0.820. The van der Waals surface area contributed by atoms with E-state index in [2.05, 4.69) is 31.2 Å². The Morgan fingerprint density at radius 1 is 1.40 bits per heavy atom. The lowest BCUT2D eigenvalue weighted by Gasteiger charge is -2.36. The first-order valence-corrected chi connectivity index (χ1v) is 6.12. The molecular weight excluding hydrogens is 182 g/mol. The third kappa shape index (κ3) is 1.26. The van der Waals surface area contributed by atoms with Gasteiger partial charge in [0, 0.05) is 11.5 Å². The molecule has 1 saturated carbocycles. The molecule has 0 aliphatic heterocycles. The second-order valence-electron chi connectivity index (χ2n) is 5.26. The van der Waals surface area contributed by atoms with E-state index in [0.29, 0.717) is 5.92 Å². The van der Waals surface area contributed by atoms with Crippen molar-refractivity contribution in [2.45, 2.75) is 44.1 Å². The molecule has 1 heteroatoms. The molecule has 3 unspecified atom stereocenters. The molecule has 0 amide bonds. The molecule has 0 spiro atoms. The minimum absolute atomic E-state index is 0.157. The third-order valence-corrected chi connectivity index (χ3v) is 4.34. The van der Waals surface area contributed by atoms with Crippen molar-refractivity contribution in [3.05, 3.63) is 35.4 Å². The van der Waals surface area contributed by atoms with Crippen LogP contribution >= 0.6 is 0 Å². The topological polar surface area (TPSA) is 26.0 Å². The maximum Gasteiger partial charge on any atom is 0.0259 e. The first-order valence-electron chi connectivity index (χ1n) is 6.12. The number of nitrogens with two attached hydrogens (primary N) is 1. The standard InChI is InChI=1S/C14H19N/c1-2-5-11-9-14(11,15)13-8-10-6-3-4-7-12(10)13/h3-4,6-7,11,13H,2,5,8-9,15H2,1H3. The van der Waals surface area contributed by atoms with Crippen molar-refractivity contribution in [3.63, 3.8) is 0 Å². The molecule has 1 fully saturated rings. The number of rotatable bonds is 3. The van der Waals surface area contributed by atoms with E-state index in [0.717, 1.165) is 5.92 Å². The van der Waals surface area contributed by atoms with E-state index in [1.807, 2.05) is 0 Å². The van der Waals surface area contributed by atoms with E-state index in [9.17, 15) is 0 Å². The van der Waals surface area contributed by atoms with Crippen molar-refractivity contribution < 1.29 is 0 Å². The molecule has 3 atom stereocenters. The summed E-state index contributed by atoms with van der Waals surface area (Å²) >= 11 is 0. The Kier molecular flexibility index (Phi) is 1.93. The van der Waals surface area contributed by atoms with Gasteiger partial charge in [-0.2, -0.15) is 0 Å². The summed E-state index contributed by atoms with van der Waals surface area (Å²) in [5.74, 6) is 1.45. The van der Waals surface area contributed by atoms with Crippen LogP contribution in [0.3, 0.4) is 0 Å². The molecule has 1 aromatic rings. The zero-order valence-electron chi connectivity index (χ0n) is 9.37. The molecule has 0 aromatic heterocycles. The molecule has 0 radical (unpaired) electrons. The number of hydrogen-bond donors (Lipinski definition) is 1. The van der Waals surface area contributed by atoms with Crippen LogP contribution in [0.5, 0.6) is 0 Å². The van der Waals surface area contributed by atoms with Gasteiger partial charge in [-0.15, -0.1) is 0 Å². The lowest BCUT2D eigenvalue weighted by atomic mass is 9.71. The van der Waals surface area contributed by atoms with E-state index >= 15 is 0 Å². The summed E-state index contributed by atoms with van der Waals surface area (Å²) in [6.07, 6.45) is 5.06. The Morgan fingerprint density at radius 2 is 2.20 bits per heavy atom. The number of hydrogen-bond acceptors (Lipinski definition) is 1. The molecule has 1 aromatic carbocycles. The fourth-order valence-corrected chi connectivity index (χ4v) is 3.25. The molecule has 2 N–H and O–H groups in total. The van der Waals surface area contributed by atoms with Gasteiger partial charge in [0.25, 0.3) is 0 Å². The van der Waals surface area contributed by atoms with Crippen LogP contribution < -0.4 is 5.73 Å². The molecular formula is C14H19N. The van der Waals surface area contributed by atoms with Crippen LogP contribution in [-0.2, 0) is 6.42 Å². The van der Waals surface area contributed by atoms with Gasteiger partial charge in [-0.25, -0.2) is 0 Å². The molecule has 2 aliphatic carbocycles. The minimum Gasteiger partial charge on any atom is -0.324 e. The van der Waals surface area contributed by atoms with E-state index in [4.69, 9.17) is 5.73 Å². The molecule has 3 rings (SSSR count). The van der Waals surface area contributed by atoms with Gasteiger partial charge in [0.1, 0.15) is 0 Å². The molecule has 2 aliphatic rings. The van der Waals surface area contributed by atoms with Crippen LogP contribution in [0.4, 0.5) is 0 Å².